The average Bonchev–Trinajstić information content (AvgIpc) is 2.35. The van der Waals surface area contributed by atoms with Crippen LogP contribution in [-0.4, -0.2) is 27.1 Å². The molecule has 0 spiro atoms. The number of hydrogen-bond donors (Lipinski definition) is 0. The van der Waals surface area contributed by atoms with Gasteiger partial charge in [-0.3, -0.25) is 4.79 Å². The quantitative estimate of drug-likeness (QED) is 0.720. The summed E-state index contributed by atoms with van der Waals surface area (Å²) in [5.74, 6) is 1.59. The fourth-order valence-electron chi connectivity index (χ4n) is 1.44. The van der Waals surface area contributed by atoms with Gasteiger partial charge in [-0.2, -0.15) is 0 Å². The van der Waals surface area contributed by atoms with Crippen LogP contribution < -0.4 is 14.2 Å². The maximum absolute atomic E-state index is 11.7. The normalized spacial score (nSPS) is 9.75. The lowest BCUT2D eigenvalue weighted by molar-refractivity contribution is 0.0984. The number of carbonyl (C=O) groups excluding carboxylic acids is 1. The predicted molar refractivity (Wildman–Crippen MR) is 60.7 cm³/mol. The molecule has 0 amide bonds. The van der Waals surface area contributed by atoms with Crippen LogP contribution in [0.3, 0.4) is 0 Å². The van der Waals surface area contributed by atoms with Gasteiger partial charge in [0.15, 0.2) is 17.3 Å². The molecule has 1 rings (SSSR count). The average molecular weight is 224 g/mol. The third-order valence-corrected chi connectivity index (χ3v) is 2.33. The van der Waals surface area contributed by atoms with Gasteiger partial charge in [0.1, 0.15) is 5.75 Å². The van der Waals surface area contributed by atoms with Crippen LogP contribution in [0.15, 0.2) is 12.1 Å². The molecule has 4 nitrogen and oxygen atoms in total. The first-order valence-electron chi connectivity index (χ1n) is 5.01. The molecule has 0 saturated heterocycles. The summed E-state index contributed by atoms with van der Waals surface area (Å²) in [6.07, 6.45) is 0.422. The second-order valence-electron chi connectivity index (χ2n) is 3.18. The molecule has 1 aromatic carbocycles. The Morgan fingerprint density at radius 1 is 1.00 bits per heavy atom. The van der Waals surface area contributed by atoms with Crippen molar-refractivity contribution in [3.63, 3.8) is 0 Å². The van der Waals surface area contributed by atoms with Gasteiger partial charge in [0.25, 0.3) is 0 Å². The number of ketones is 1. The maximum Gasteiger partial charge on any atom is 0.166 e. The maximum atomic E-state index is 11.7. The van der Waals surface area contributed by atoms with Crippen LogP contribution in [0.25, 0.3) is 0 Å². The summed E-state index contributed by atoms with van der Waals surface area (Å²) in [5, 5.41) is 0. The van der Waals surface area contributed by atoms with Crippen molar-refractivity contribution in [1.29, 1.82) is 0 Å². The monoisotopic (exact) mass is 224 g/mol. The molecule has 0 saturated carbocycles. The number of ether oxygens (including phenoxy) is 3. The van der Waals surface area contributed by atoms with Crippen molar-refractivity contribution in [2.45, 2.75) is 13.3 Å². The Labute approximate surface area is 95.1 Å². The first-order valence-corrected chi connectivity index (χ1v) is 5.01. The number of methoxy groups -OCH3 is 3. The summed E-state index contributed by atoms with van der Waals surface area (Å²) >= 11 is 0. The zero-order valence-electron chi connectivity index (χ0n) is 9.99. The van der Waals surface area contributed by atoms with Crippen LogP contribution in [0.1, 0.15) is 23.7 Å². The molecule has 0 N–H and O–H groups in total. The number of Topliss-reactive ketones (excluding diaryl/α,β-unsaturated/α-hetero) is 1. The summed E-state index contributed by atoms with van der Waals surface area (Å²) < 4.78 is 15.4. The zero-order valence-corrected chi connectivity index (χ0v) is 9.99. The van der Waals surface area contributed by atoms with Crippen molar-refractivity contribution in [2.75, 3.05) is 21.3 Å². The molecular formula is C12H16O4. The van der Waals surface area contributed by atoms with Gasteiger partial charge >= 0.3 is 0 Å². The van der Waals surface area contributed by atoms with E-state index < -0.39 is 0 Å². The van der Waals surface area contributed by atoms with Crippen molar-refractivity contribution in [3.8, 4) is 17.2 Å². The van der Waals surface area contributed by atoms with E-state index in [9.17, 15) is 4.79 Å². The first-order chi connectivity index (χ1) is 7.67. The number of rotatable bonds is 5. The standard InChI is InChI=1S/C12H16O4/c1-5-9(13)8-6-11(15-3)12(16-4)7-10(8)14-2/h6-7H,5H2,1-4H3. The summed E-state index contributed by atoms with van der Waals surface area (Å²) in [6, 6.07) is 3.30. The molecule has 0 aliphatic heterocycles. The largest absolute Gasteiger partial charge is 0.496 e. The second-order valence-corrected chi connectivity index (χ2v) is 3.18. The zero-order chi connectivity index (χ0) is 12.1. The van der Waals surface area contributed by atoms with Gasteiger partial charge < -0.3 is 14.2 Å². The minimum Gasteiger partial charge on any atom is -0.496 e. The fourth-order valence-corrected chi connectivity index (χ4v) is 1.44. The molecule has 0 heterocycles. The highest BCUT2D eigenvalue weighted by molar-refractivity contribution is 5.99. The number of hydrogen-bond acceptors (Lipinski definition) is 4. The van der Waals surface area contributed by atoms with Gasteiger partial charge in [0.05, 0.1) is 26.9 Å². The van der Waals surface area contributed by atoms with Crippen molar-refractivity contribution in [2.24, 2.45) is 0 Å². The Bertz CT molecular complexity index is 385. The fraction of sp³-hybridized carbons (Fsp3) is 0.417. The van der Waals surface area contributed by atoms with Crippen LogP contribution in [0.4, 0.5) is 0 Å². The Hall–Kier alpha value is -1.71. The van der Waals surface area contributed by atoms with Gasteiger partial charge in [-0.05, 0) is 6.07 Å². The molecule has 16 heavy (non-hydrogen) atoms. The van der Waals surface area contributed by atoms with E-state index in [0.717, 1.165) is 0 Å². The summed E-state index contributed by atoms with van der Waals surface area (Å²) in [4.78, 5) is 11.7. The van der Waals surface area contributed by atoms with E-state index >= 15 is 0 Å². The van der Waals surface area contributed by atoms with Gasteiger partial charge in [0.2, 0.25) is 0 Å². The lowest BCUT2D eigenvalue weighted by atomic mass is 10.1. The smallest absolute Gasteiger partial charge is 0.166 e. The Morgan fingerprint density at radius 3 is 1.94 bits per heavy atom. The highest BCUT2D eigenvalue weighted by Crippen LogP contribution is 2.35. The van der Waals surface area contributed by atoms with E-state index in [-0.39, 0.29) is 5.78 Å². The van der Waals surface area contributed by atoms with Crippen molar-refractivity contribution >= 4 is 5.78 Å². The SMILES string of the molecule is CCC(=O)c1cc(OC)c(OC)cc1OC. The Balaban J connectivity index is 3.31. The molecule has 0 unspecified atom stereocenters. The minimum absolute atomic E-state index is 0.0119. The van der Waals surface area contributed by atoms with Crippen LogP contribution in [0.2, 0.25) is 0 Å². The lowest BCUT2D eigenvalue weighted by Gasteiger charge is -2.12. The molecule has 1 aromatic rings. The molecule has 4 heteroatoms. The summed E-state index contributed by atoms with van der Waals surface area (Å²) in [5.41, 5.74) is 0.516. The van der Waals surface area contributed by atoms with E-state index in [0.29, 0.717) is 29.2 Å². The molecule has 0 aliphatic carbocycles. The highest BCUT2D eigenvalue weighted by Gasteiger charge is 2.15. The van der Waals surface area contributed by atoms with Crippen LogP contribution >= 0.6 is 0 Å². The minimum atomic E-state index is 0.0119. The molecule has 0 aromatic heterocycles. The molecule has 88 valence electrons. The molecule has 0 radical (unpaired) electrons. The van der Waals surface area contributed by atoms with Gasteiger partial charge in [0, 0.05) is 12.5 Å². The number of carbonyl (C=O) groups is 1. The Morgan fingerprint density at radius 2 is 1.50 bits per heavy atom. The van der Waals surface area contributed by atoms with Crippen molar-refractivity contribution < 1.29 is 19.0 Å². The van der Waals surface area contributed by atoms with Crippen LogP contribution in [-0.2, 0) is 0 Å². The summed E-state index contributed by atoms with van der Waals surface area (Å²) in [6.45, 7) is 1.80. The molecule has 0 fully saturated rings. The van der Waals surface area contributed by atoms with E-state index in [1.807, 2.05) is 0 Å². The van der Waals surface area contributed by atoms with E-state index in [1.54, 1.807) is 26.2 Å². The van der Waals surface area contributed by atoms with E-state index in [2.05, 4.69) is 0 Å². The second kappa shape index (κ2) is 5.39. The molecule has 0 aliphatic rings. The van der Waals surface area contributed by atoms with Crippen LogP contribution in [0.5, 0.6) is 17.2 Å². The highest BCUT2D eigenvalue weighted by atomic mass is 16.5. The van der Waals surface area contributed by atoms with Crippen LogP contribution in [0, 0.1) is 0 Å². The Kier molecular flexibility index (Phi) is 4.17. The number of benzene rings is 1. The van der Waals surface area contributed by atoms with E-state index in [1.165, 1.54) is 14.2 Å². The molecule has 0 atom stereocenters. The van der Waals surface area contributed by atoms with Gasteiger partial charge in [-0.25, -0.2) is 0 Å². The lowest BCUT2D eigenvalue weighted by Crippen LogP contribution is -2.02. The topological polar surface area (TPSA) is 44.8 Å². The molecule has 0 bridgehead atoms. The summed E-state index contributed by atoms with van der Waals surface area (Å²) in [7, 11) is 4.59. The molecular weight excluding hydrogens is 208 g/mol. The van der Waals surface area contributed by atoms with Crippen molar-refractivity contribution in [1.82, 2.24) is 0 Å². The predicted octanol–water partition coefficient (Wildman–Crippen LogP) is 2.31. The third-order valence-electron chi connectivity index (χ3n) is 2.33. The van der Waals surface area contributed by atoms with Gasteiger partial charge in [-0.15, -0.1) is 0 Å². The first kappa shape index (κ1) is 12.4. The van der Waals surface area contributed by atoms with Crippen molar-refractivity contribution in [3.05, 3.63) is 17.7 Å². The van der Waals surface area contributed by atoms with Gasteiger partial charge in [-0.1, -0.05) is 6.92 Å². The third kappa shape index (κ3) is 2.27. The van der Waals surface area contributed by atoms with E-state index in [4.69, 9.17) is 14.2 Å².